The third kappa shape index (κ3) is 3.44. The Hall–Kier alpha value is -0.820. The number of rotatable bonds is 3. The highest BCUT2D eigenvalue weighted by molar-refractivity contribution is 9.10. The van der Waals surface area contributed by atoms with Crippen LogP contribution in [0.25, 0.3) is 0 Å². The molecule has 0 saturated heterocycles. The van der Waals surface area contributed by atoms with Crippen molar-refractivity contribution in [1.29, 1.82) is 0 Å². The topological polar surface area (TPSA) is 46.2 Å². The Bertz CT molecular complexity index is 768. The SMILES string of the molecule is O=S(=O)(Nc1cc(F)ccc1Cl)c1ccc(Cl)c(Br)c1. The van der Waals surface area contributed by atoms with E-state index >= 15 is 0 Å². The van der Waals surface area contributed by atoms with E-state index in [9.17, 15) is 12.8 Å². The minimum atomic E-state index is -3.88. The van der Waals surface area contributed by atoms with Gasteiger partial charge in [0.15, 0.2) is 0 Å². The molecule has 1 N–H and O–H groups in total. The summed E-state index contributed by atoms with van der Waals surface area (Å²) in [5.41, 5.74) is -0.0299. The first-order valence-electron chi connectivity index (χ1n) is 5.22. The van der Waals surface area contributed by atoms with Crippen LogP contribution in [0.3, 0.4) is 0 Å². The molecule has 0 fully saturated rings. The molecule has 0 spiro atoms. The zero-order valence-electron chi connectivity index (χ0n) is 9.70. The van der Waals surface area contributed by atoms with Crippen LogP contribution < -0.4 is 4.72 Å². The van der Waals surface area contributed by atoms with Gasteiger partial charge in [-0.2, -0.15) is 0 Å². The van der Waals surface area contributed by atoms with Crippen LogP contribution >= 0.6 is 39.1 Å². The smallest absolute Gasteiger partial charge is 0.261 e. The van der Waals surface area contributed by atoms with Crippen molar-refractivity contribution in [2.24, 2.45) is 0 Å². The van der Waals surface area contributed by atoms with Crippen LogP contribution in [0.2, 0.25) is 10.0 Å². The molecule has 2 rings (SSSR count). The van der Waals surface area contributed by atoms with Crippen LogP contribution in [0.15, 0.2) is 45.8 Å². The van der Waals surface area contributed by atoms with Gasteiger partial charge in [-0.1, -0.05) is 23.2 Å². The monoisotopic (exact) mass is 397 g/mol. The Kier molecular flexibility index (Phi) is 4.59. The van der Waals surface area contributed by atoms with Gasteiger partial charge in [0.05, 0.1) is 20.6 Å². The minimum Gasteiger partial charge on any atom is -0.278 e. The van der Waals surface area contributed by atoms with Gasteiger partial charge in [0, 0.05) is 4.47 Å². The van der Waals surface area contributed by atoms with Gasteiger partial charge < -0.3 is 0 Å². The highest BCUT2D eigenvalue weighted by Crippen LogP contribution is 2.28. The van der Waals surface area contributed by atoms with E-state index in [1.54, 1.807) is 0 Å². The molecule has 20 heavy (non-hydrogen) atoms. The second-order valence-electron chi connectivity index (χ2n) is 3.81. The van der Waals surface area contributed by atoms with Crippen molar-refractivity contribution in [1.82, 2.24) is 0 Å². The summed E-state index contributed by atoms with van der Waals surface area (Å²) in [6.07, 6.45) is 0. The van der Waals surface area contributed by atoms with E-state index < -0.39 is 15.8 Å². The number of hydrogen-bond donors (Lipinski definition) is 1. The summed E-state index contributed by atoms with van der Waals surface area (Å²) < 4.78 is 40.1. The number of sulfonamides is 1. The third-order valence-electron chi connectivity index (χ3n) is 2.37. The fraction of sp³-hybridized carbons (Fsp3) is 0. The molecule has 3 nitrogen and oxygen atoms in total. The van der Waals surface area contributed by atoms with Crippen molar-refractivity contribution in [3.63, 3.8) is 0 Å². The molecule has 8 heteroatoms. The Balaban J connectivity index is 2.40. The van der Waals surface area contributed by atoms with Crippen LogP contribution in [-0.4, -0.2) is 8.42 Å². The number of halogens is 4. The number of benzene rings is 2. The lowest BCUT2D eigenvalue weighted by Gasteiger charge is -2.10. The molecule has 2 aromatic rings. The standard InChI is InChI=1S/C12H7BrCl2FNO2S/c13-9-6-8(2-4-10(9)14)20(18,19)17-12-5-7(16)1-3-11(12)15/h1-6,17H. The lowest BCUT2D eigenvalue weighted by Crippen LogP contribution is -2.13. The van der Waals surface area contributed by atoms with Gasteiger partial charge >= 0.3 is 0 Å². The van der Waals surface area contributed by atoms with Crippen LogP contribution in [0.1, 0.15) is 0 Å². The van der Waals surface area contributed by atoms with E-state index in [0.29, 0.717) is 9.50 Å². The first kappa shape index (κ1) is 15.6. The van der Waals surface area contributed by atoms with Gasteiger partial charge in [-0.05, 0) is 52.3 Å². The number of anilines is 1. The van der Waals surface area contributed by atoms with E-state index in [1.165, 1.54) is 24.3 Å². The second kappa shape index (κ2) is 5.89. The largest absolute Gasteiger partial charge is 0.278 e. The molecule has 0 atom stereocenters. The van der Waals surface area contributed by atoms with Crippen LogP contribution in [-0.2, 0) is 10.0 Å². The molecule has 0 unspecified atom stereocenters. The van der Waals surface area contributed by atoms with Crippen molar-refractivity contribution in [3.8, 4) is 0 Å². The molecule has 0 heterocycles. The second-order valence-corrected chi connectivity index (χ2v) is 7.16. The predicted octanol–water partition coefficient (Wildman–Crippen LogP) is 4.70. The van der Waals surface area contributed by atoms with Gasteiger partial charge in [-0.25, -0.2) is 12.8 Å². The maximum absolute atomic E-state index is 13.1. The highest BCUT2D eigenvalue weighted by Gasteiger charge is 2.17. The van der Waals surface area contributed by atoms with Crippen LogP contribution in [0.5, 0.6) is 0 Å². The molecule has 0 aromatic heterocycles. The Morgan fingerprint density at radius 2 is 1.70 bits per heavy atom. The summed E-state index contributed by atoms with van der Waals surface area (Å²) in [5, 5.41) is 0.482. The molecule has 106 valence electrons. The minimum absolute atomic E-state index is 0.0193. The highest BCUT2D eigenvalue weighted by atomic mass is 79.9. The molecule has 0 bridgehead atoms. The average molecular weight is 399 g/mol. The zero-order valence-corrected chi connectivity index (χ0v) is 13.6. The fourth-order valence-corrected chi connectivity index (χ4v) is 3.39. The van der Waals surface area contributed by atoms with Gasteiger partial charge in [-0.3, -0.25) is 4.72 Å². The van der Waals surface area contributed by atoms with E-state index in [1.807, 2.05) is 0 Å². The number of hydrogen-bond acceptors (Lipinski definition) is 2. The Labute approximate surface area is 133 Å². The lowest BCUT2D eigenvalue weighted by atomic mass is 10.3. The van der Waals surface area contributed by atoms with Crippen molar-refractivity contribution < 1.29 is 12.8 Å². The quantitative estimate of drug-likeness (QED) is 0.814. The van der Waals surface area contributed by atoms with Crippen molar-refractivity contribution in [2.45, 2.75) is 4.90 Å². The summed E-state index contributed by atoms with van der Waals surface area (Å²) in [6.45, 7) is 0. The maximum atomic E-state index is 13.1. The van der Waals surface area contributed by atoms with Gasteiger partial charge in [-0.15, -0.1) is 0 Å². The van der Waals surface area contributed by atoms with Crippen LogP contribution in [0, 0.1) is 5.82 Å². The Morgan fingerprint density at radius 3 is 2.35 bits per heavy atom. The molecule has 0 saturated carbocycles. The number of nitrogens with one attached hydrogen (secondary N) is 1. The molecule has 2 aromatic carbocycles. The van der Waals surface area contributed by atoms with Gasteiger partial charge in [0.25, 0.3) is 10.0 Å². The van der Waals surface area contributed by atoms with Crippen LogP contribution in [0.4, 0.5) is 10.1 Å². The van der Waals surface area contributed by atoms with E-state index in [4.69, 9.17) is 23.2 Å². The van der Waals surface area contributed by atoms with Crippen molar-refractivity contribution >= 4 is 54.8 Å². The van der Waals surface area contributed by atoms with E-state index in [-0.39, 0.29) is 15.6 Å². The van der Waals surface area contributed by atoms with E-state index in [0.717, 1.165) is 12.1 Å². The third-order valence-corrected chi connectivity index (χ3v) is 5.28. The molecular weight excluding hydrogens is 392 g/mol. The first-order chi connectivity index (χ1) is 9.29. The van der Waals surface area contributed by atoms with Crippen molar-refractivity contribution in [2.75, 3.05) is 4.72 Å². The zero-order chi connectivity index (χ0) is 14.9. The summed E-state index contributed by atoms with van der Waals surface area (Å²) in [5.74, 6) is -0.593. The average Bonchev–Trinajstić information content (AvgIpc) is 2.36. The molecule has 0 radical (unpaired) electrons. The normalized spacial score (nSPS) is 11.4. The maximum Gasteiger partial charge on any atom is 0.261 e. The summed E-state index contributed by atoms with van der Waals surface area (Å²) >= 11 is 14.8. The summed E-state index contributed by atoms with van der Waals surface area (Å²) in [4.78, 5) is -0.0193. The summed E-state index contributed by atoms with van der Waals surface area (Å²) in [7, 11) is -3.88. The molecule has 0 aliphatic rings. The predicted molar refractivity (Wildman–Crippen MR) is 81.4 cm³/mol. The van der Waals surface area contributed by atoms with Gasteiger partial charge in [0.2, 0.25) is 0 Å². The van der Waals surface area contributed by atoms with Gasteiger partial charge in [0.1, 0.15) is 5.82 Å². The molecule has 0 aliphatic heterocycles. The summed E-state index contributed by atoms with van der Waals surface area (Å²) in [6, 6.07) is 7.53. The van der Waals surface area contributed by atoms with Crippen molar-refractivity contribution in [3.05, 3.63) is 56.7 Å². The fourth-order valence-electron chi connectivity index (χ4n) is 1.42. The lowest BCUT2D eigenvalue weighted by molar-refractivity contribution is 0.601. The molecular formula is C12H7BrCl2FNO2S. The first-order valence-corrected chi connectivity index (χ1v) is 8.26. The van der Waals surface area contributed by atoms with E-state index in [2.05, 4.69) is 20.7 Å². The Morgan fingerprint density at radius 1 is 1.05 bits per heavy atom. The molecule has 0 aliphatic carbocycles. The molecule has 0 amide bonds.